The number of nitrogens with one attached hydrogen (secondary N) is 1. The number of aromatic amines is 1. The van der Waals surface area contributed by atoms with Gasteiger partial charge in [-0.25, -0.2) is 9.97 Å². The Morgan fingerprint density at radius 1 is 1.23 bits per heavy atom. The van der Waals surface area contributed by atoms with Crippen molar-refractivity contribution >= 4 is 0 Å². The number of rotatable bonds is 4. The number of nitrogens with zero attached hydrogens (tertiary/aromatic N) is 4. The first-order chi connectivity index (χ1) is 12.7. The molecule has 1 saturated heterocycles. The zero-order valence-electron chi connectivity index (χ0n) is 15.4. The molecule has 26 heavy (non-hydrogen) atoms. The van der Waals surface area contributed by atoms with Gasteiger partial charge in [-0.15, -0.1) is 0 Å². The normalized spacial score (nSPS) is 18.2. The lowest BCUT2D eigenvalue weighted by atomic mass is 9.94. The fraction of sp³-hybridized carbons (Fsp3) is 0.381. The lowest BCUT2D eigenvalue weighted by Gasteiger charge is -2.32. The molecule has 4 rings (SSSR count). The van der Waals surface area contributed by atoms with Crippen molar-refractivity contribution in [2.75, 3.05) is 13.1 Å². The SMILES string of the molecule is Cc1ccc(C)c(-c2[nH]ncc2CN2CCCC(c3ccncn3)C2)c1. The quantitative estimate of drug-likeness (QED) is 0.778. The summed E-state index contributed by atoms with van der Waals surface area (Å²) in [6, 6.07) is 8.63. The van der Waals surface area contributed by atoms with Gasteiger partial charge >= 0.3 is 0 Å². The van der Waals surface area contributed by atoms with Crippen molar-refractivity contribution in [3.8, 4) is 11.3 Å². The van der Waals surface area contributed by atoms with Gasteiger partial charge in [-0.3, -0.25) is 10.00 Å². The molecular formula is C21H25N5. The van der Waals surface area contributed by atoms with Crippen LogP contribution in [0.5, 0.6) is 0 Å². The van der Waals surface area contributed by atoms with Crippen LogP contribution < -0.4 is 0 Å². The van der Waals surface area contributed by atoms with Crippen LogP contribution in [0.4, 0.5) is 0 Å². The van der Waals surface area contributed by atoms with Gasteiger partial charge in [-0.2, -0.15) is 5.10 Å². The molecule has 0 aliphatic carbocycles. The first-order valence-corrected chi connectivity index (χ1v) is 9.29. The summed E-state index contributed by atoms with van der Waals surface area (Å²) in [5.41, 5.74) is 7.37. The number of hydrogen-bond donors (Lipinski definition) is 1. The van der Waals surface area contributed by atoms with Crippen LogP contribution >= 0.6 is 0 Å². The zero-order valence-corrected chi connectivity index (χ0v) is 15.4. The Morgan fingerprint density at radius 2 is 2.15 bits per heavy atom. The smallest absolute Gasteiger partial charge is 0.115 e. The molecule has 5 nitrogen and oxygen atoms in total. The Kier molecular flexibility index (Phi) is 4.80. The number of aryl methyl sites for hydroxylation is 2. The highest BCUT2D eigenvalue weighted by atomic mass is 15.2. The van der Waals surface area contributed by atoms with Crippen LogP contribution in [0.25, 0.3) is 11.3 Å². The van der Waals surface area contributed by atoms with Gasteiger partial charge in [0.25, 0.3) is 0 Å². The van der Waals surface area contributed by atoms with Gasteiger partial charge in [0.15, 0.2) is 0 Å². The monoisotopic (exact) mass is 347 g/mol. The highest BCUT2D eigenvalue weighted by Crippen LogP contribution is 2.30. The average Bonchev–Trinajstić information content (AvgIpc) is 3.12. The number of likely N-dealkylation sites (tertiary alicyclic amines) is 1. The average molecular weight is 347 g/mol. The molecule has 1 aliphatic heterocycles. The van der Waals surface area contributed by atoms with E-state index >= 15 is 0 Å². The van der Waals surface area contributed by atoms with E-state index < -0.39 is 0 Å². The van der Waals surface area contributed by atoms with E-state index in [0.717, 1.165) is 31.0 Å². The number of aromatic nitrogens is 4. The molecule has 1 N–H and O–H groups in total. The van der Waals surface area contributed by atoms with E-state index in [2.05, 4.69) is 57.1 Å². The van der Waals surface area contributed by atoms with Crippen LogP contribution in [0.1, 0.15) is 41.1 Å². The Balaban J connectivity index is 1.53. The van der Waals surface area contributed by atoms with Gasteiger partial charge in [0.05, 0.1) is 11.9 Å². The second-order valence-corrected chi connectivity index (χ2v) is 7.30. The molecule has 1 aromatic carbocycles. The Hall–Kier alpha value is -2.53. The fourth-order valence-corrected chi connectivity index (χ4v) is 3.89. The van der Waals surface area contributed by atoms with E-state index in [1.165, 1.54) is 35.1 Å². The molecule has 0 radical (unpaired) electrons. The van der Waals surface area contributed by atoms with E-state index in [-0.39, 0.29) is 0 Å². The molecule has 2 aromatic heterocycles. The lowest BCUT2D eigenvalue weighted by Crippen LogP contribution is -2.34. The van der Waals surface area contributed by atoms with Crippen molar-refractivity contribution in [2.24, 2.45) is 0 Å². The van der Waals surface area contributed by atoms with Crippen molar-refractivity contribution in [1.82, 2.24) is 25.1 Å². The number of H-pyrrole nitrogens is 1. The number of piperidine rings is 1. The molecule has 1 atom stereocenters. The van der Waals surface area contributed by atoms with E-state index in [1.807, 2.05) is 18.5 Å². The largest absolute Gasteiger partial charge is 0.298 e. The molecule has 3 heterocycles. The van der Waals surface area contributed by atoms with Gasteiger partial charge in [-0.1, -0.05) is 17.7 Å². The molecule has 0 saturated carbocycles. The summed E-state index contributed by atoms with van der Waals surface area (Å²) in [7, 11) is 0. The number of benzene rings is 1. The summed E-state index contributed by atoms with van der Waals surface area (Å²) in [6.07, 6.45) is 7.87. The molecule has 1 unspecified atom stereocenters. The van der Waals surface area contributed by atoms with Gasteiger partial charge in [0, 0.05) is 42.0 Å². The van der Waals surface area contributed by atoms with Gasteiger partial charge in [-0.05, 0) is 50.9 Å². The molecule has 0 amide bonds. The highest BCUT2D eigenvalue weighted by molar-refractivity contribution is 5.67. The lowest BCUT2D eigenvalue weighted by molar-refractivity contribution is 0.198. The highest BCUT2D eigenvalue weighted by Gasteiger charge is 2.23. The summed E-state index contributed by atoms with van der Waals surface area (Å²) < 4.78 is 0. The van der Waals surface area contributed by atoms with Crippen molar-refractivity contribution < 1.29 is 0 Å². The van der Waals surface area contributed by atoms with Gasteiger partial charge in [0.2, 0.25) is 0 Å². The third-order valence-corrected chi connectivity index (χ3v) is 5.30. The van der Waals surface area contributed by atoms with Crippen molar-refractivity contribution in [3.63, 3.8) is 0 Å². The second-order valence-electron chi connectivity index (χ2n) is 7.30. The zero-order chi connectivity index (χ0) is 17.9. The third kappa shape index (κ3) is 3.53. The van der Waals surface area contributed by atoms with Gasteiger partial charge < -0.3 is 0 Å². The maximum Gasteiger partial charge on any atom is 0.115 e. The Morgan fingerprint density at radius 3 is 3.00 bits per heavy atom. The predicted molar refractivity (Wildman–Crippen MR) is 103 cm³/mol. The summed E-state index contributed by atoms with van der Waals surface area (Å²) in [5.74, 6) is 0.489. The van der Waals surface area contributed by atoms with Crippen molar-refractivity contribution in [2.45, 2.75) is 39.2 Å². The van der Waals surface area contributed by atoms with E-state index in [9.17, 15) is 0 Å². The van der Waals surface area contributed by atoms with Crippen LogP contribution in [0.15, 0.2) is 43.0 Å². The van der Waals surface area contributed by atoms with E-state index in [0.29, 0.717) is 5.92 Å². The molecule has 0 spiro atoms. The van der Waals surface area contributed by atoms with Crippen LogP contribution in [-0.2, 0) is 6.54 Å². The van der Waals surface area contributed by atoms with E-state index in [4.69, 9.17) is 0 Å². The first-order valence-electron chi connectivity index (χ1n) is 9.29. The van der Waals surface area contributed by atoms with Crippen LogP contribution in [-0.4, -0.2) is 38.2 Å². The third-order valence-electron chi connectivity index (χ3n) is 5.30. The minimum absolute atomic E-state index is 0.489. The second kappa shape index (κ2) is 7.38. The summed E-state index contributed by atoms with van der Waals surface area (Å²) in [6.45, 7) is 7.37. The maximum atomic E-state index is 4.46. The summed E-state index contributed by atoms with van der Waals surface area (Å²) in [5, 5.41) is 7.57. The van der Waals surface area contributed by atoms with Gasteiger partial charge in [0.1, 0.15) is 6.33 Å². The summed E-state index contributed by atoms with van der Waals surface area (Å²) >= 11 is 0. The van der Waals surface area contributed by atoms with Crippen molar-refractivity contribution in [1.29, 1.82) is 0 Å². The molecule has 0 bridgehead atoms. The van der Waals surface area contributed by atoms with Crippen LogP contribution in [0.2, 0.25) is 0 Å². The van der Waals surface area contributed by atoms with Crippen LogP contribution in [0.3, 0.4) is 0 Å². The molecule has 134 valence electrons. The standard InChI is InChI=1S/C21H25N5/c1-15-5-6-16(2)19(10-15)21-18(11-24-25-21)13-26-9-3-4-17(12-26)20-7-8-22-14-23-20/h5-8,10-11,14,17H,3-4,9,12-13H2,1-2H3,(H,24,25). The molecule has 3 aromatic rings. The Labute approximate surface area is 154 Å². The topological polar surface area (TPSA) is 57.7 Å². The maximum absolute atomic E-state index is 4.46. The van der Waals surface area contributed by atoms with Crippen LogP contribution in [0, 0.1) is 13.8 Å². The fourth-order valence-electron chi connectivity index (χ4n) is 3.89. The van der Waals surface area contributed by atoms with Crippen molar-refractivity contribution in [3.05, 3.63) is 65.4 Å². The molecule has 1 fully saturated rings. The van der Waals surface area contributed by atoms with E-state index in [1.54, 1.807) is 6.33 Å². The molecular weight excluding hydrogens is 322 g/mol. The minimum Gasteiger partial charge on any atom is -0.298 e. The Bertz CT molecular complexity index is 871. The minimum atomic E-state index is 0.489. The number of hydrogen-bond acceptors (Lipinski definition) is 4. The summed E-state index contributed by atoms with van der Waals surface area (Å²) in [4.78, 5) is 11.0. The predicted octanol–water partition coefficient (Wildman–Crippen LogP) is 3.86. The molecule has 5 heteroatoms. The first kappa shape index (κ1) is 16.9. The molecule has 1 aliphatic rings.